The highest BCUT2D eigenvalue weighted by Gasteiger charge is 2.14. The Bertz CT molecular complexity index is 711. The first-order valence-corrected chi connectivity index (χ1v) is 9.35. The minimum Gasteiger partial charge on any atom is -0.381 e. The monoisotopic (exact) mass is 367 g/mol. The fraction of sp³-hybridized carbons (Fsp3) is 0.250. The molecule has 0 aliphatic rings. The van der Waals surface area contributed by atoms with Crippen LogP contribution in [0.5, 0.6) is 0 Å². The summed E-state index contributed by atoms with van der Waals surface area (Å²) < 4.78 is 24.6. The van der Waals surface area contributed by atoms with Crippen molar-refractivity contribution in [2.24, 2.45) is 0 Å². The van der Waals surface area contributed by atoms with Crippen LogP contribution in [0.15, 0.2) is 57.9 Å². The van der Waals surface area contributed by atoms with Crippen molar-refractivity contribution in [2.75, 3.05) is 11.6 Å². The number of benzene rings is 2. The standard InChI is InChI=1S/C16H18BrNO2S/c1-12(11-13-7-9-14(17)10-8-13)18-15-5-3-4-6-16(15)21(2,19)20/h3-10,12,18H,11H2,1-2H3. The van der Waals surface area contributed by atoms with E-state index in [2.05, 4.69) is 33.4 Å². The highest BCUT2D eigenvalue weighted by molar-refractivity contribution is 9.10. The fourth-order valence-corrected chi connectivity index (χ4v) is 3.32. The smallest absolute Gasteiger partial charge is 0.177 e. The molecular weight excluding hydrogens is 350 g/mol. The Morgan fingerprint density at radius 3 is 2.33 bits per heavy atom. The molecule has 3 nitrogen and oxygen atoms in total. The maximum Gasteiger partial charge on any atom is 0.177 e. The van der Waals surface area contributed by atoms with Crippen molar-refractivity contribution in [1.82, 2.24) is 0 Å². The molecule has 0 heterocycles. The molecule has 0 radical (unpaired) electrons. The molecule has 0 amide bonds. The van der Waals surface area contributed by atoms with Gasteiger partial charge in [0.25, 0.3) is 0 Å². The van der Waals surface area contributed by atoms with Crippen LogP contribution in [0.4, 0.5) is 5.69 Å². The average Bonchev–Trinajstić information content (AvgIpc) is 2.41. The van der Waals surface area contributed by atoms with E-state index in [1.165, 1.54) is 11.8 Å². The van der Waals surface area contributed by atoms with E-state index >= 15 is 0 Å². The lowest BCUT2D eigenvalue weighted by Gasteiger charge is -2.17. The van der Waals surface area contributed by atoms with Crippen LogP contribution in [-0.2, 0) is 16.3 Å². The molecule has 0 bridgehead atoms. The molecule has 0 aromatic heterocycles. The topological polar surface area (TPSA) is 46.2 Å². The zero-order valence-corrected chi connectivity index (χ0v) is 14.4. The number of anilines is 1. The van der Waals surface area contributed by atoms with Crippen LogP contribution >= 0.6 is 15.9 Å². The lowest BCUT2D eigenvalue weighted by molar-refractivity contribution is 0.602. The molecule has 2 rings (SSSR count). The van der Waals surface area contributed by atoms with Gasteiger partial charge in [0, 0.05) is 16.8 Å². The Kier molecular flexibility index (Phi) is 5.06. The lowest BCUT2D eigenvalue weighted by Crippen LogP contribution is -2.19. The van der Waals surface area contributed by atoms with Gasteiger partial charge in [-0.15, -0.1) is 0 Å². The van der Waals surface area contributed by atoms with E-state index in [-0.39, 0.29) is 6.04 Å². The first-order chi connectivity index (χ1) is 9.86. The average molecular weight is 368 g/mol. The molecule has 0 aliphatic heterocycles. The van der Waals surface area contributed by atoms with Crippen LogP contribution < -0.4 is 5.32 Å². The van der Waals surface area contributed by atoms with Gasteiger partial charge in [0.05, 0.1) is 10.6 Å². The van der Waals surface area contributed by atoms with Crippen molar-refractivity contribution in [2.45, 2.75) is 24.3 Å². The van der Waals surface area contributed by atoms with Gasteiger partial charge in [-0.05, 0) is 43.2 Å². The van der Waals surface area contributed by atoms with Gasteiger partial charge >= 0.3 is 0 Å². The van der Waals surface area contributed by atoms with Gasteiger partial charge in [-0.1, -0.05) is 40.2 Å². The molecule has 0 aliphatic carbocycles. The predicted molar refractivity (Wildman–Crippen MR) is 90.5 cm³/mol. The molecule has 112 valence electrons. The molecule has 0 spiro atoms. The molecule has 5 heteroatoms. The van der Waals surface area contributed by atoms with E-state index in [1.54, 1.807) is 18.2 Å². The SMILES string of the molecule is CC(Cc1ccc(Br)cc1)Nc1ccccc1S(C)(=O)=O. The number of nitrogens with one attached hydrogen (secondary N) is 1. The molecule has 0 saturated heterocycles. The Morgan fingerprint density at radius 2 is 1.71 bits per heavy atom. The summed E-state index contributed by atoms with van der Waals surface area (Å²) in [6.45, 7) is 2.04. The van der Waals surface area contributed by atoms with E-state index in [9.17, 15) is 8.42 Å². The van der Waals surface area contributed by atoms with Crippen molar-refractivity contribution >= 4 is 31.5 Å². The van der Waals surface area contributed by atoms with Crippen molar-refractivity contribution in [3.05, 3.63) is 58.6 Å². The van der Waals surface area contributed by atoms with Crippen LogP contribution in [0.25, 0.3) is 0 Å². The summed E-state index contributed by atoms with van der Waals surface area (Å²) in [6.07, 6.45) is 2.05. The summed E-state index contributed by atoms with van der Waals surface area (Å²) >= 11 is 3.41. The zero-order valence-electron chi connectivity index (χ0n) is 12.0. The number of rotatable bonds is 5. The summed E-state index contributed by atoms with van der Waals surface area (Å²) in [6, 6.07) is 15.3. The van der Waals surface area contributed by atoms with Crippen molar-refractivity contribution in [3.8, 4) is 0 Å². The summed E-state index contributed by atoms with van der Waals surface area (Å²) in [5.74, 6) is 0. The second-order valence-electron chi connectivity index (χ2n) is 5.14. The van der Waals surface area contributed by atoms with E-state index in [0.717, 1.165) is 10.9 Å². The first-order valence-electron chi connectivity index (χ1n) is 6.66. The molecule has 2 aromatic rings. The summed E-state index contributed by atoms with van der Waals surface area (Å²) in [4.78, 5) is 0.340. The minimum absolute atomic E-state index is 0.133. The highest BCUT2D eigenvalue weighted by Crippen LogP contribution is 2.22. The number of hydrogen-bond acceptors (Lipinski definition) is 3. The third-order valence-corrected chi connectivity index (χ3v) is 4.83. The molecule has 1 N–H and O–H groups in total. The highest BCUT2D eigenvalue weighted by atomic mass is 79.9. The molecule has 1 atom stereocenters. The maximum absolute atomic E-state index is 11.8. The summed E-state index contributed by atoms with van der Waals surface area (Å²) in [5.41, 5.74) is 1.86. The Labute approximate surface area is 134 Å². The molecule has 0 fully saturated rings. The summed E-state index contributed by atoms with van der Waals surface area (Å²) in [5, 5.41) is 3.29. The molecule has 1 unspecified atom stereocenters. The molecule has 2 aromatic carbocycles. The Balaban J connectivity index is 2.13. The van der Waals surface area contributed by atoms with Gasteiger partial charge in [-0.25, -0.2) is 8.42 Å². The van der Waals surface area contributed by atoms with Crippen LogP contribution in [0.2, 0.25) is 0 Å². The Morgan fingerprint density at radius 1 is 1.10 bits per heavy atom. The number of hydrogen-bond donors (Lipinski definition) is 1. The van der Waals surface area contributed by atoms with Crippen LogP contribution in [0.1, 0.15) is 12.5 Å². The molecule has 21 heavy (non-hydrogen) atoms. The number of halogens is 1. The van der Waals surface area contributed by atoms with Gasteiger partial charge in [0.2, 0.25) is 0 Å². The maximum atomic E-state index is 11.8. The molecule has 0 saturated carbocycles. The van der Waals surface area contributed by atoms with Gasteiger partial charge in [0.15, 0.2) is 9.84 Å². The lowest BCUT2D eigenvalue weighted by atomic mass is 10.1. The van der Waals surface area contributed by atoms with Gasteiger partial charge < -0.3 is 5.32 Å². The van der Waals surface area contributed by atoms with Gasteiger partial charge in [-0.2, -0.15) is 0 Å². The van der Waals surface area contributed by atoms with Gasteiger partial charge in [0.1, 0.15) is 0 Å². The number of para-hydroxylation sites is 1. The minimum atomic E-state index is -3.23. The third-order valence-electron chi connectivity index (χ3n) is 3.14. The van der Waals surface area contributed by atoms with Crippen LogP contribution in [-0.4, -0.2) is 20.7 Å². The second-order valence-corrected chi connectivity index (χ2v) is 8.04. The first kappa shape index (κ1) is 16.0. The number of sulfone groups is 1. The quantitative estimate of drug-likeness (QED) is 0.871. The van der Waals surface area contributed by atoms with Crippen LogP contribution in [0, 0.1) is 0 Å². The predicted octanol–water partition coefficient (Wildman–Crippen LogP) is 3.90. The molecular formula is C16H18BrNO2S. The van der Waals surface area contributed by atoms with Crippen molar-refractivity contribution < 1.29 is 8.42 Å². The normalized spacial score (nSPS) is 12.9. The Hall–Kier alpha value is -1.33. The van der Waals surface area contributed by atoms with Gasteiger partial charge in [-0.3, -0.25) is 0 Å². The van der Waals surface area contributed by atoms with E-state index in [1.807, 2.05) is 25.1 Å². The summed E-state index contributed by atoms with van der Waals surface area (Å²) in [7, 11) is -3.23. The fourth-order valence-electron chi connectivity index (χ4n) is 2.20. The second kappa shape index (κ2) is 6.62. The zero-order chi connectivity index (χ0) is 15.5. The van der Waals surface area contributed by atoms with E-state index < -0.39 is 9.84 Å². The van der Waals surface area contributed by atoms with Crippen molar-refractivity contribution in [3.63, 3.8) is 0 Å². The van der Waals surface area contributed by atoms with E-state index in [4.69, 9.17) is 0 Å². The largest absolute Gasteiger partial charge is 0.381 e. The van der Waals surface area contributed by atoms with Crippen LogP contribution in [0.3, 0.4) is 0 Å². The van der Waals surface area contributed by atoms with Crippen molar-refractivity contribution in [1.29, 1.82) is 0 Å². The van der Waals surface area contributed by atoms with E-state index in [0.29, 0.717) is 10.6 Å². The third kappa shape index (κ3) is 4.58.